The largest absolute Gasteiger partial charge is 0.493 e. The van der Waals surface area contributed by atoms with Crippen LogP contribution in [0.5, 0.6) is 11.5 Å². The van der Waals surface area contributed by atoms with Gasteiger partial charge in [0.2, 0.25) is 0 Å². The average Bonchev–Trinajstić information content (AvgIpc) is 3.05. The van der Waals surface area contributed by atoms with Crippen LogP contribution in [0.25, 0.3) is 0 Å². The zero-order valence-electron chi connectivity index (χ0n) is 15.8. The predicted molar refractivity (Wildman–Crippen MR) is 106 cm³/mol. The highest BCUT2D eigenvalue weighted by Gasteiger charge is 2.28. The Kier molecular flexibility index (Phi) is 4.85. The van der Waals surface area contributed by atoms with Crippen LogP contribution in [0.3, 0.4) is 0 Å². The lowest BCUT2D eigenvalue weighted by Gasteiger charge is -2.24. The smallest absolute Gasteiger partial charge is 0.179 e. The summed E-state index contributed by atoms with van der Waals surface area (Å²) in [6.07, 6.45) is 4.61. The number of halogens is 1. The van der Waals surface area contributed by atoms with Crippen molar-refractivity contribution >= 4 is 11.6 Å². The molecule has 0 spiro atoms. The van der Waals surface area contributed by atoms with E-state index in [9.17, 15) is 0 Å². The van der Waals surface area contributed by atoms with Crippen molar-refractivity contribution in [2.24, 2.45) is 0 Å². The number of benzene rings is 2. The summed E-state index contributed by atoms with van der Waals surface area (Å²) in [5, 5.41) is 0.698. The van der Waals surface area contributed by atoms with Gasteiger partial charge < -0.3 is 14.4 Å². The Hall–Kier alpha value is -1.71. The van der Waals surface area contributed by atoms with Gasteiger partial charge in [0.1, 0.15) is 0 Å². The fraction of sp³-hybridized carbons (Fsp3) is 0.455. The molecule has 4 rings (SSSR count). The molecule has 1 aliphatic carbocycles. The number of ether oxygens (including phenoxy) is 2. The van der Waals surface area contributed by atoms with Crippen molar-refractivity contribution < 1.29 is 9.47 Å². The summed E-state index contributed by atoms with van der Waals surface area (Å²) in [7, 11) is 5.51. The lowest BCUT2D eigenvalue weighted by molar-refractivity contribution is 0.338. The van der Waals surface area contributed by atoms with Crippen LogP contribution in [0.4, 0.5) is 0 Å². The van der Waals surface area contributed by atoms with Gasteiger partial charge in [-0.15, -0.1) is 0 Å². The molecule has 0 radical (unpaired) electrons. The minimum atomic E-state index is 0.292. The number of hydrogen-bond donors (Lipinski definition) is 0. The van der Waals surface area contributed by atoms with Gasteiger partial charge >= 0.3 is 0 Å². The standard InChI is InChI=1S/C22H26ClNO2/c1-24-10-9-17-18(12-20(25-2)22(26-3)21(17)23)19(13-24)16-8-7-14-5-4-6-15(14)11-16/h7-8,11-12,19H,4-6,9-10,13H2,1-3H3. The second-order valence-corrected chi connectivity index (χ2v) is 7.82. The average molecular weight is 372 g/mol. The van der Waals surface area contributed by atoms with E-state index in [4.69, 9.17) is 21.1 Å². The van der Waals surface area contributed by atoms with Gasteiger partial charge in [-0.1, -0.05) is 29.8 Å². The maximum Gasteiger partial charge on any atom is 0.179 e. The molecule has 0 N–H and O–H groups in total. The van der Waals surface area contributed by atoms with E-state index in [1.165, 1.54) is 47.1 Å². The fourth-order valence-corrected chi connectivity index (χ4v) is 4.84. The zero-order valence-corrected chi connectivity index (χ0v) is 16.5. The van der Waals surface area contributed by atoms with E-state index < -0.39 is 0 Å². The minimum absolute atomic E-state index is 0.292. The van der Waals surface area contributed by atoms with Gasteiger partial charge in [-0.25, -0.2) is 0 Å². The van der Waals surface area contributed by atoms with Crippen LogP contribution in [0.15, 0.2) is 24.3 Å². The summed E-state index contributed by atoms with van der Waals surface area (Å²) in [6, 6.07) is 9.19. The maximum atomic E-state index is 6.75. The van der Waals surface area contributed by atoms with E-state index in [0.717, 1.165) is 19.5 Å². The highest BCUT2D eigenvalue weighted by Crippen LogP contribution is 2.44. The zero-order chi connectivity index (χ0) is 18.3. The molecule has 1 atom stereocenters. The van der Waals surface area contributed by atoms with Crippen LogP contribution < -0.4 is 9.47 Å². The fourth-order valence-electron chi connectivity index (χ4n) is 4.47. The summed E-state index contributed by atoms with van der Waals surface area (Å²) >= 11 is 6.75. The van der Waals surface area contributed by atoms with Crippen molar-refractivity contribution in [2.45, 2.75) is 31.6 Å². The number of methoxy groups -OCH3 is 2. The Morgan fingerprint density at radius 2 is 1.85 bits per heavy atom. The van der Waals surface area contributed by atoms with E-state index in [2.05, 4.69) is 36.2 Å². The lowest BCUT2D eigenvalue weighted by atomic mass is 9.86. The first-order valence-corrected chi connectivity index (χ1v) is 9.73. The van der Waals surface area contributed by atoms with Gasteiger partial charge in [0, 0.05) is 19.0 Å². The van der Waals surface area contributed by atoms with Crippen LogP contribution in [0, 0.1) is 0 Å². The summed E-state index contributed by atoms with van der Waals surface area (Å²) in [5.74, 6) is 1.65. The molecular formula is C22H26ClNO2. The molecule has 0 amide bonds. The van der Waals surface area contributed by atoms with Crippen LogP contribution >= 0.6 is 11.6 Å². The van der Waals surface area contributed by atoms with Crippen LogP contribution in [0.1, 0.15) is 40.2 Å². The van der Waals surface area contributed by atoms with Gasteiger partial charge in [0.05, 0.1) is 19.2 Å². The first-order valence-electron chi connectivity index (χ1n) is 9.36. The summed E-state index contributed by atoms with van der Waals surface area (Å²) in [4.78, 5) is 2.40. The monoisotopic (exact) mass is 371 g/mol. The summed E-state index contributed by atoms with van der Waals surface area (Å²) < 4.78 is 11.1. The molecule has 2 aromatic carbocycles. The third kappa shape index (κ3) is 2.97. The molecule has 0 bridgehead atoms. The molecule has 2 aliphatic rings. The van der Waals surface area contributed by atoms with Crippen LogP contribution in [-0.4, -0.2) is 39.3 Å². The molecule has 138 valence electrons. The van der Waals surface area contributed by atoms with Gasteiger partial charge in [-0.2, -0.15) is 0 Å². The molecule has 26 heavy (non-hydrogen) atoms. The SMILES string of the molecule is COc1cc2c(c(Cl)c1OC)CCN(C)CC2c1ccc2c(c1)CCC2. The second kappa shape index (κ2) is 7.13. The number of nitrogens with zero attached hydrogens (tertiary/aromatic N) is 1. The Morgan fingerprint density at radius 1 is 1.04 bits per heavy atom. The molecule has 1 aliphatic heterocycles. The normalized spacial score (nSPS) is 19.6. The molecule has 0 fully saturated rings. The molecule has 2 aromatic rings. The number of aryl methyl sites for hydroxylation is 2. The number of fused-ring (bicyclic) bond motifs is 2. The van der Waals surface area contributed by atoms with E-state index in [1.807, 2.05) is 0 Å². The van der Waals surface area contributed by atoms with Gasteiger partial charge in [-0.05, 0) is 66.6 Å². The molecule has 1 heterocycles. The number of likely N-dealkylation sites (N-methyl/N-ethyl adjacent to an activating group) is 1. The van der Waals surface area contributed by atoms with Gasteiger partial charge in [0.25, 0.3) is 0 Å². The van der Waals surface area contributed by atoms with Crippen molar-refractivity contribution in [3.05, 3.63) is 57.1 Å². The van der Waals surface area contributed by atoms with E-state index in [1.54, 1.807) is 14.2 Å². The molecule has 1 unspecified atom stereocenters. The molecule has 4 heteroatoms. The Labute approximate surface area is 160 Å². The van der Waals surface area contributed by atoms with E-state index >= 15 is 0 Å². The third-order valence-electron chi connectivity index (χ3n) is 5.89. The summed E-state index contributed by atoms with van der Waals surface area (Å²) in [6.45, 7) is 1.97. The van der Waals surface area contributed by atoms with Crippen molar-refractivity contribution in [1.82, 2.24) is 4.90 Å². The molecule has 0 saturated heterocycles. The van der Waals surface area contributed by atoms with Crippen molar-refractivity contribution in [2.75, 3.05) is 34.4 Å². The van der Waals surface area contributed by atoms with Gasteiger partial charge in [0.15, 0.2) is 11.5 Å². The minimum Gasteiger partial charge on any atom is -0.493 e. The van der Waals surface area contributed by atoms with Crippen LogP contribution in [0.2, 0.25) is 5.02 Å². The molecule has 0 aromatic heterocycles. The Morgan fingerprint density at radius 3 is 2.62 bits per heavy atom. The Bertz CT molecular complexity index is 833. The lowest BCUT2D eigenvalue weighted by Crippen LogP contribution is -2.24. The van der Waals surface area contributed by atoms with Crippen molar-refractivity contribution in [3.8, 4) is 11.5 Å². The molecular weight excluding hydrogens is 346 g/mol. The number of hydrogen-bond acceptors (Lipinski definition) is 3. The third-order valence-corrected chi connectivity index (χ3v) is 6.29. The first-order chi connectivity index (χ1) is 12.6. The summed E-state index contributed by atoms with van der Waals surface area (Å²) in [5.41, 5.74) is 6.88. The van der Waals surface area contributed by atoms with E-state index in [-0.39, 0.29) is 0 Å². The highest BCUT2D eigenvalue weighted by atomic mass is 35.5. The van der Waals surface area contributed by atoms with Gasteiger partial charge in [-0.3, -0.25) is 0 Å². The Balaban J connectivity index is 1.87. The predicted octanol–water partition coefficient (Wildman–Crippen LogP) is 4.47. The van der Waals surface area contributed by atoms with Crippen LogP contribution in [-0.2, 0) is 19.3 Å². The number of rotatable bonds is 3. The first kappa shape index (κ1) is 17.7. The molecule has 3 nitrogen and oxygen atoms in total. The maximum absolute atomic E-state index is 6.75. The van der Waals surface area contributed by atoms with E-state index in [0.29, 0.717) is 22.4 Å². The topological polar surface area (TPSA) is 21.7 Å². The van der Waals surface area contributed by atoms with Crippen molar-refractivity contribution in [3.63, 3.8) is 0 Å². The molecule has 0 saturated carbocycles. The quantitative estimate of drug-likeness (QED) is 0.794. The van der Waals surface area contributed by atoms with Crippen molar-refractivity contribution in [1.29, 1.82) is 0 Å². The highest BCUT2D eigenvalue weighted by molar-refractivity contribution is 6.33. The second-order valence-electron chi connectivity index (χ2n) is 7.44.